The Hall–Kier alpha value is 0.270. The number of guanidine groups is 1. The Morgan fingerprint density at radius 2 is 2.17 bits per heavy atom. The van der Waals surface area contributed by atoms with Gasteiger partial charge in [-0.3, -0.25) is 9.89 Å². The molecule has 0 spiro atoms. The Morgan fingerprint density at radius 1 is 1.38 bits per heavy atom. The summed E-state index contributed by atoms with van der Waals surface area (Å²) in [6.45, 7) is 13.8. The van der Waals surface area contributed by atoms with Crippen LogP contribution in [0.3, 0.4) is 0 Å². The number of nitrogens with zero attached hydrogens (tertiary/aromatic N) is 3. The van der Waals surface area contributed by atoms with Crippen molar-refractivity contribution in [1.29, 1.82) is 0 Å². The molecule has 0 radical (unpaired) electrons. The van der Waals surface area contributed by atoms with Crippen molar-refractivity contribution in [3.8, 4) is 0 Å². The van der Waals surface area contributed by atoms with Crippen LogP contribution in [0.25, 0.3) is 0 Å². The van der Waals surface area contributed by atoms with E-state index in [1.165, 1.54) is 25.1 Å². The molecule has 2 heterocycles. The molecule has 24 heavy (non-hydrogen) atoms. The lowest BCUT2D eigenvalue weighted by atomic mass is 10.2. The molecule has 0 saturated carbocycles. The summed E-state index contributed by atoms with van der Waals surface area (Å²) in [4.78, 5) is 9.96. The molecule has 0 bridgehead atoms. The van der Waals surface area contributed by atoms with Crippen molar-refractivity contribution in [3.63, 3.8) is 0 Å². The van der Waals surface area contributed by atoms with Crippen molar-refractivity contribution in [2.75, 3.05) is 58.7 Å². The van der Waals surface area contributed by atoms with Gasteiger partial charge >= 0.3 is 0 Å². The van der Waals surface area contributed by atoms with E-state index in [0.29, 0.717) is 10.8 Å². The fourth-order valence-corrected chi connectivity index (χ4v) is 4.53. The minimum Gasteiger partial charge on any atom is -0.383 e. The summed E-state index contributed by atoms with van der Waals surface area (Å²) in [6.07, 6.45) is 2.54. The Balaban J connectivity index is 0.00000288. The third-order valence-electron chi connectivity index (χ3n) is 4.59. The molecule has 0 amide bonds. The Morgan fingerprint density at radius 3 is 2.83 bits per heavy atom. The lowest BCUT2D eigenvalue weighted by molar-refractivity contribution is 0.142. The minimum absolute atomic E-state index is 0. The zero-order valence-corrected chi connectivity index (χ0v) is 18.9. The molecule has 0 aromatic heterocycles. The van der Waals surface area contributed by atoms with Crippen molar-refractivity contribution < 1.29 is 4.74 Å². The quantitative estimate of drug-likeness (QED) is 0.367. The SMILES string of the molecule is CCNC(=NCC1CCCN1CCOC)N1CCSC(C)(C)C1.I. The first-order chi connectivity index (χ1) is 11.1. The van der Waals surface area contributed by atoms with Crippen LogP contribution in [0.5, 0.6) is 0 Å². The summed E-state index contributed by atoms with van der Waals surface area (Å²) in [5.41, 5.74) is 0. The van der Waals surface area contributed by atoms with Gasteiger partial charge in [-0.05, 0) is 40.2 Å². The lowest BCUT2D eigenvalue weighted by Crippen LogP contribution is -2.51. The van der Waals surface area contributed by atoms with Gasteiger partial charge in [-0.1, -0.05) is 0 Å². The number of methoxy groups -OCH3 is 1. The first kappa shape index (κ1) is 22.3. The van der Waals surface area contributed by atoms with Gasteiger partial charge in [0.05, 0.1) is 13.2 Å². The van der Waals surface area contributed by atoms with Gasteiger partial charge < -0.3 is 15.0 Å². The fourth-order valence-electron chi connectivity index (χ4n) is 3.42. The number of aliphatic imine (C=N–C) groups is 1. The molecule has 7 heteroatoms. The number of ether oxygens (including phenoxy) is 1. The van der Waals surface area contributed by atoms with Crippen LogP contribution in [0.1, 0.15) is 33.6 Å². The van der Waals surface area contributed by atoms with Crippen LogP contribution in [0, 0.1) is 0 Å². The highest BCUT2D eigenvalue weighted by molar-refractivity contribution is 14.0. The molecule has 5 nitrogen and oxygen atoms in total. The van der Waals surface area contributed by atoms with Crippen molar-refractivity contribution in [2.45, 2.75) is 44.4 Å². The predicted octanol–water partition coefficient (Wildman–Crippen LogP) is 2.51. The number of hydrogen-bond donors (Lipinski definition) is 1. The normalized spacial score (nSPS) is 24.8. The third-order valence-corrected chi connectivity index (χ3v) is 5.89. The molecule has 2 fully saturated rings. The number of hydrogen-bond acceptors (Lipinski definition) is 4. The lowest BCUT2D eigenvalue weighted by Gasteiger charge is -2.39. The van der Waals surface area contributed by atoms with E-state index in [1.807, 2.05) is 0 Å². The van der Waals surface area contributed by atoms with Gasteiger partial charge in [0.15, 0.2) is 5.96 Å². The van der Waals surface area contributed by atoms with Gasteiger partial charge in [0.2, 0.25) is 0 Å². The maximum absolute atomic E-state index is 5.23. The van der Waals surface area contributed by atoms with Crippen LogP contribution < -0.4 is 5.32 Å². The molecule has 2 aliphatic rings. The second-order valence-corrected chi connectivity index (χ2v) is 8.85. The van der Waals surface area contributed by atoms with Crippen molar-refractivity contribution in [2.24, 2.45) is 4.99 Å². The first-order valence-corrected chi connectivity index (χ1v) is 9.94. The Kier molecular flexibility index (Phi) is 10.3. The molecule has 1 unspecified atom stereocenters. The molecule has 0 aliphatic carbocycles. The van der Waals surface area contributed by atoms with E-state index in [-0.39, 0.29) is 24.0 Å². The van der Waals surface area contributed by atoms with Crippen LogP contribution in [0.2, 0.25) is 0 Å². The van der Waals surface area contributed by atoms with Crippen LogP contribution >= 0.6 is 35.7 Å². The summed E-state index contributed by atoms with van der Waals surface area (Å²) in [5.74, 6) is 2.28. The van der Waals surface area contributed by atoms with E-state index in [9.17, 15) is 0 Å². The maximum Gasteiger partial charge on any atom is 0.194 e. The zero-order chi connectivity index (χ0) is 16.7. The number of halogens is 1. The maximum atomic E-state index is 5.23. The zero-order valence-electron chi connectivity index (χ0n) is 15.7. The Labute approximate surface area is 169 Å². The van der Waals surface area contributed by atoms with E-state index >= 15 is 0 Å². The summed E-state index contributed by atoms with van der Waals surface area (Å²) >= 11 is 2.07. The largest absolute Gasteiger partial charge is 0.383 e. The molecule has 1 N–H and O–H groups in total. The van der Waals surface area contributed by atoms with Crippen molar-refractivity contribution in [3.05, 3.63) is 0 Å². The van der Waals surface area contributed by atoms with E-state index < -0.39 is 0 Å². The second-order valence-electron chi connectivity index (χ2n) is 7.05. The van der Waals surface area contributed by atoms with Gasteiger partial charge in [-0.2, -0.15) is 11.8 Å². The second kappa shape index (κ2) is 11.1. The van der Waals surface area contributed by atoms with Crippen LogP contribution in [-0.2, 0) is 4.74 Å². The minimum atomic E-state index is 0. The third kappa shape index (κ3) is 6.88. The summed E-state index contributed by atoms with van der Waals surface area (Å²) in [5, 5.41) is 3.50. The standard InChI is InChI=1S/C17H34N4OS.HI/c1-5-18-16(21-10-12-23-17(2,3)14-21)19-13-15-7-6-8-20(15)9-11-22-4;/h15H,5-14H2,1-4H3,(H,18,19);1H. The number of likely N-dealkylation sites (tertiary alicyclic amines) is 1. The smallest absolute Gasteiger partial charge is 0.194 e. The molecular formula is C17H35IN4OS. The van der Waals surface area contributed by atoms with E-state index in [1.54, 1.807) is 7.11 Å². The van der Waals surface area contributed by atoms with Crippen LogP contribution in [0.15, 0.2) is 4.99 Å². The van der Waals surface area contributed by atoms with Crippen molar-refractivity contribution in [1.82, 2.24) is 15.1 Å². The van der Waals surface area contributed by atoms with Gasteiger partial charge in [0, 0.05) is 49.8 Å². The Bertz CT molecular complexity index is 395. The molecule has 0 aromatic rings. The molecule has 2 aliphatic heterocycles. The van der Waals surface area contributed by atoms with Gasteiger partial charge in [-0.15, -0.1) is 24.0 Å². The topological polar surface area (TPSA) is 40.1 Å². The number of nitrogens with one attached hydrogen (secondary N) is 1. The summed E-state index contributed by atoms with van der Waals surface area (Å²) in [7, 11) is 1.78. The highest BCUT2D eigenvalue weighted by Crippen LogP contribution is 2.29. The van der Waals surface area contributed by atoms with Gasteiger partial charge in [0.25, 0.3) is 0 Å². The van der Waals surface area contributed by atoms with E-state index in [2.05, 4.69) is 47.6 Å². The molecule has 2 rings (SSSR count). The van der Waals surface area contributed by atoms with E-state index in [0.717, 1.165) is 45.3 Å². The average Bonchev–Trinajstić information content (AvgIpc) is 2.95. The average molecular weight is 470 g/mol. The van der Waals surface area contributed by atoms with E-state index in [4.69, 9.17) is 9.73 Å². The predicted molar refractivity (Wildman–Crippen MR) is 116 cm³/mol. The number of rotatable bonds is 6. The first-order valence-electron chi connectivity index (χ1n) is 8.96. The molecular weight excluding hydrogens is 435 g/mol. The fraction of sp³-hybridized carbons (Fsp3) is 0.941. The van der Waals surface area contributed by atoms with Gasteiger partial charge in [-0.25, -0.2) is 0 Å². The highest BCUT2D eigenvalue weighted by atomic mass is 127. The molecule has 2 saturated heterocycles. The molecule has 0 aromatic carbocycles. The van der Waals surface area contributed by atoms with Crippen LogP contribution in [-0.4, -0.2) is 85.3 Å². The van der Waals surface area contributed by atoms with Gasteiger partial charge in [0.1, 0.15) is 0 Å². The van der Waals surface area contributed by atoms with Crippen molar-refractivity contribution >= 4 is 41.7 Å². The molecule has 1 atom stereocenters. The summed E-state index contributed by atoms with van der Waals surface area (Å²) < 4.78 is 5.55. The summed E-state index contributed by atoms with van der Waals surface area (Å²) in [6, 6.07) is 0.575. The monoisotopic (exact) mass is 470 g/mol. The van der Waals surface area contributed by atoms with Crippen LogP contribution in [0.4, 0.5) is 0 Å². The molecule has 142 valence electrons. The highest BCUT2D eigenvalue weighted by Gasteiger charge is 2.29. The number of thioether (sulfide) groups is 1.